The third kappa shape index (κ3) is 3.82. The number of thiophene rings is 1. The van der Waals surface area contributed by atoms with Crippen molar-refractivity contribution in [2.45, 2.75) is 26.7 Å². The molecule has 1 aliphatic heterocycles. The van der Waals surface area contributed by atoms with Crippen LogP contribution < -0.4 is 5.32 Å². The summed E-state index contributed by atoms with van der Waals surface area (Å²) in [7, 11) is 0. The molecule has 1 fully saturated rings. The molecule has 110 valence electrons. The van der Waals surface area contributed by atoms with Crippen molar-refractivity contribution in [2.24, 2.45) is 11.8 Å². The SMILES string of the molecule is CC(C)CNC(=O)C1CCN(C(=O)c2cccs2)CC1. The van der Waals surface area contributed by atoms with Gasteiger partial charge in [0.2, 0.25) is 5.91 Å². The van der Waals surface area contributed by atoms with Crippen LogP contribution in [-0.4, -0.2) is 36.3 Å². The second-order valence-corrected chi connectivity index (χ2v) is 6.63. The number of carbonyl (C=O) groups is 2. The van der Waals surface area contributed by atoms with Gasteiger partial charge in [-0.05, 0) is 30.2 Å². The number of likely N-dealkylation sites (tertiary alicyclic amines) is 1. The fourth-order valence-electron chi connectivity index (χ4n) is 2.35. The molecule has 1 aromatic rings. The van der Waals surface area contributed by atoms with Crippen LogP contribution in [0.2, 0.25) is 0 Å². The molecule has 2 heterocycles. The molecular formula is C15H22N2O2S. The van der Waals surface area contributed by atoms with E-state index in [9.17, 15) is 9.59 Å². The lowest BCUT2D eigenvalue weighted by Gasteiger charge is -2.31. The zero-order chi connectivity index (χ0) is 14.5. The van der Waals surface area contributed by atoms with E-state index in [4.69, 9.17) is 0 Å². The molecule has 0 unspecified atom stereocenters. The number of hydrogen-bond donors (Lipinski definition) is 1. The van der Waals surface area contributed by atoms with Gasteiger partial charge >= 0.3 is 0 Å². The highest BCUT2D eigenvalue weighted by atomic mass is 32.1. The summed E-state index contributed by atoms with van der Waals surface area (Å²) in [5.41, 5.74) is 0. The normalized spacial score (nSPS) is 16.4. The molecule has 1 aliphatic rings. The Labute approximate surface area is 124 Å². The van der Waals surface area contributed by atoms with Gasteiger partial charge in [0.25, 0.3) is 5.91 Å². The molecule has 1 saturated heterocycles. The van der Waals surface area contributed by atoms with E-state index < -0.39 is 0 Å². The minimum Gasteiger partial charge on any atom is -0.356 e. The predicted octanol–water partition coefficient (Wildman–Crippen LogP) is 2.37. The average Bonchev–Trinajstić information content (AvgIpc) is 2.98. The van der Waals surface area contributed by atoms with Crippen molar-refractivity contribution < 1.29 is 9.59 Å². The number of rotatable bonds is 4. The van der Waals surface area contributed by atoms with Crippen molar-refractivity contribution in [3.8, 4) is 0 Å². The first-order valence-electron chi connectivity index (χ1n) is 7.18. The average molecular weight is 294 g/mol. The highest BCUT2D eigenvalue weighted by Crippen LogP contribution is 2.20. The van der Waals surface area contributed by atoms with Crippen LogP contribution in [0.1, 0.15) is 36.4 Å². The Morgan fingerprint density at radius 1 is 1.40 bits per heavy atom. The van der Waals surface area contributed by atoms with Crippen LogP contribution in [0.4, 0.5) is 0 Å². The molecule has 2 rings (SSSR count). The van der Waals surface area contributed by atoms with Crippen molar-refractivity contribution in [1.82, 2.24) is 10.2 Å². The predicted molar refractivity (Wildman–Crippen MR) is 80.8 cm³/mol. The van der Waals surface area contributed by atoms with E-state index in [1.165, 1.54) is 11.3 Å². The zero-order valence-electron chi connectivity index (χ0n) is 12.1. The monoisotopic (exact) mass is 294 g/mol. The molecule has 0 aromatic carbocycles. The summed E-state index contributed by atoms with van der Waals surface area (Å²) in [6.07, 6.45) is 1.53. The van der Waals surface area contributed by atoms with Crippen LogP contribution >= 0.6 is 11.3 Å². The van der Waals surface area contributed by atoms with Crippen molar-refractivity contribution in [2.75, 3.05) is 19.6 Å². The summed E-state index contributed by atoms with van der Waals surface area (Å²) < 4.78 is 0. The molecule has 0 aliphatic carbocycles. The Hall–Kier alpha value is -1.36. The Kier molecular flexibility index (Phi) is 5.17. The smallest absolute Gasteiger partial charge is 0.263 e. The Balaban J connectivity index is 1.80. The molecule has 0 spiro atoms. The highest BCUT2D eigenvalue weighted by Gasteiger charge is 2.27. The van der Waals surface area contributed by atoms with Crippen molar-refractivity contribution in [3.05, 3.63) is 22.4 Å². The topological polar surface area (TPSA) is 49.4 Å². The first kappa shape index (κ1) is 15.0. The molecule has 5 heteroatoms. The number of amides is 2. The van der Waals surface area contributed by atoms with E-state index in [0.29, 0.717) is 19.0 Å². The van der Waals surface area contributed by atoms with Gasteiger partial charge in [-0.3, -0.25) is 9.59 Å². The summed E-state index contributed by atoms with van der Waals surface area (Å²) in [5.74, 6) is 0.767. The van der Waals surface area contributed by atoms with Crippen LogP contribution in [0.15, 0.2) is 17.5 Å². The summed E-state index contributed by atoms with van der Waals surface area (Å²) in [5, 5.41) is 4.90. The van der Waals surface area contributed by atoms with Crippen LogP contribution in [0, 0.1) is 11.8 Å². The first-order chi connectivity index (χ1) is 9.58. The molecular weight excluding hydrogens is 272 g/mol. The van der Waals surface area contributed by atoms with Crippen LogP contribution in [0.3, 0.4) is 0 Å². The number of nitrogens with one attached hydrogen (secondary N) is 1. The summed E-state index contributed by atoms with van der Waals surface area (Å²) in [4.78, 5) is 26.8. The fraction of sp³-hybridized carbons (Fsp3) is 0.600. The van der Waals surface area contributed by atoms with Gasteiger partial charge in [0, 0.05) is 25.6 Å². The third-order valence-electron chi connectivity index (χ3n) is 3.57. The molecule has 0 atom stereocenters. The van der Waals surface area contributed by atoms with Crippen LogP contribution in [0.5, 0.6) is 0 Å². The molecule has 1 N–H and O–H groups in total. The van der Waals surface area contributed by atoms with Gasteiger partial charge in [-0.25, -0.2) is 0 Å². The number of hydrogen-bond acceptors (Lipinski definition) is 3. The fourth-order valence-corrected chi connectivity index (χ4v) is 3.04. The maximum atomic E-state index is 12.2. The minimum atomic E-state index is 0.0566. The summed E-state index contributed by atoms with van der Waals surface area (Å²) >= 11 is 1.47. The van der Waals surface area contributed by atoms with E-state index in [1.54, 1.807) is 0 Å². The zero-order valence-corrected chi connectivity index (χ0v) is 12.9. The molecule has 4 nitrogen and oxygen atoms in total. The van der Waals surface area contributed by atoms with Crippen LogP contribution in [0.25, 0.3) is 0 Å². The molecule has 1 aromatic heterocycles. The van der Waals surface area contributed by atoms with Gasteiger partial charge in [0.1, 0.15) is 0 Å². The first-order valence-corrected chi connectivity index (χ1v) is 8.06. The van der Waals surface area contributed by atoms with E-state index in [1.807, 2.05) is 22.4 Å². The number of carbonyl (C=O) groups excluding carboxylic acids is 2. The number of nitrogens with zero attached hydrogens (tertiary/aromatic N) is 1. The summed E-state index contributed by atoms with van der Waals surface area (Å²) in [6, 6.07) is 3.75. The van der Waals surface area contributed by atoms with E-state index in [2.05, 4.69) is 19.2 Å². The lowest BCUT2D eigenvalue weighted by atomic mass is 9.95. The molecule has 0 saturated carbocycles. The Bertz CT molecular complexity index is 448. The molecule has 20 heavy (non-hydrogen) atoms. The van der Waals surface area contributed by atoms with Gasteiger partial charge in [0.15, 0.2) is 0 Å². The van der Waals surface area contributed by atoms with Crippen molar-refractivity contribution >= 4 is 23.2 Å². The second-order valence-electron chi connectivity index (χ2n) is 5.68. The van der Waals surface area contributed by atoms with Crippen LogP contribution in [-0.2, 0) is 4.79 Å². The third-order valence-corrected chi connectivity index (χ3v) is 4.43. The highest BCUT2D eigenvalue weighted by molar-refractivity contribution is 7.12. The van der Waals surface area contributed by atoms with Crippen molar-refractivity contribution in [3.63, 3.8) is 0 Å². The Morgan fingerprint density at radius 2 is 2.10 bits per heavy atom. The van der Waals surface area contributed by atoms with Gasteiger partial charge < -0.3 is 10.2 Å². The number of piperidine rings is 1. The quantitative estimate of drug-likeness (QED) is 0.927. The molecule has 0 bridgehead atoms. The minimum absolute atomic E-state index is 0.0566. The lowest BCUT2D eigenvalue weighted by molar-refractivity contribution is -0.126. The van der Waals surface area contributed by atoms with E-state index in [-0.39, 0.29) is 17.7 Å². The van der Waals surface area contributed by atoms with E-state index in [0.717, 1.165) is 24.3 Å². The Morgan fingerprint density at radius 3 is 2.65 bits per heavy atom. The standard InChI is InChI=1S/C15H22N2O2S/c1-11(2)10-16-14(18)12-5-7-17(8-6-12)15(19)13-4-3-9-20-13/h3-4,9,11-12H,5-8,10H2,1-2H3,(H,16,18). The maximum absolute atomic E-state index is 12.2. The van der Waals surface area contributed by atoms with Gasteiger partial charge in [-0.1, -0.05) is 19.9 Å². The van der Waals surface area contributed by atoms with Gasteiger partial charge in [0.05, 0.1) is 4.88 Å². The van der Waals surface area contributed by atoms with Crippen molar-refractivity contribution in [1.29, 1.82) is 0 Å². The maximum Gasteiger partial charge on any atom is 0.263 e. The van der Waals surface area contributed by atoms with E-state index >= 15 is 0 Å². The second kappa shape index (κ2) is 6.88. The summed E-state index contributed by atoms with van der Waals surface area (Å²) in [6.45, 7) is 6.26. The van der Waals surface area contributed by atoms with Gasteiger partial charge in [-0.15, -0.1) is 11.3 Å². The lowest BCUT2D eigenvalue weighted by Crippen LogP contribution is -2.43. The van der Waals surface area contributed by atoms with Gasteiger partial charge in [-0.2, -0.15) is 0 Å². The molecule has 2 amide bonds. The molecule has 0 radical (unpaired) electrons. The largest absolute Gasteiger partial charge is 0.356 e.